The summed E-state index contributed by atoms with van der Waals surface area (Å²) in [5.74, 6) is 0.575. The molecule has 5 rings (SSSR count). The van der Waals surface area contributed by atoms with E-state index in [1.165, 1.54) is 0 Å². The average Bonchev–Trinajstić information content (AvgIpc) is 3.01. The topological polar surface area (TPSA) is 58.6 Å². The van der Waals surface area contributed by atoms with Gasteiger partial charge in [-0.3, -0.25) is 14.5 Å². The molecule has 1 aliphatic heterocycles. The summed E-state index contributed by atoms with van der Waals surface area (Å²) in [7, 11) is 0. The van der Waals surface area contributed by atoms with Crippen LogP contribution in [0.2, 0.25) is 0 Å². The molecule has 190 valence electrons. The van der Waals surface area contributed by atoms with Crippen molar-refractivity contribution in [2.24, 2.45) is 11.3 Å². The predicted octanol–water partition coefficient (Wildman–Crippen LogP) is 7.06. The molecular formula is C32H34N2O3. The second kappa shape index (κ2) is 9.89. The maximum atomic E-state index is 13.8. The number of amides is 1. The van der Waals surface area contributed by atoms with Crippen LogP contribution in [0.5, 0.6) is 5.75 Å². The van der Waals surface area contributed by atoms with Gasteiger partial charge in [-0.25, -0.2) is 0 Å². The summed E-state index contributed by atoms with van der Waals surface area (Å²) in [6, 6.07) is 25.2. The van der Waals surface area contributed by atoms with Gasteiger partial charge in [0.1, 0.15) is 12.4 Å². The summed E-state index contributed by atoms with van der Waals surface area (Å²) in [6.45, 7) is 8.53. The van der Waals surface area contributed by atoms with E-state index in [2.05, 4.69) is 19.2 Å². The van der Waals surface area contributed by atoms with Gasteiger partial charge in [0.05, 0.1) is 17.4 Å². The summed E-state index contributed by atoms with van der Waals surface area (Å²) in [4.78, 5) is 29.3. The van der Waals surface area contributed by atoms with Gasteiger partial charge in [0.15, 0.2) is 5.78 Å². The van der Waals surface area contributed by atoms with Crippen LogP contribution in [0.4, 0.5) is 11.4 Å². The maximum absolute atomic E-state index is 13.8. The quantitative estimate of drug-likeness (QED) is 0.412. The standard InChI is InChI=1S/C32H34N2O3/c1-21(2)31(36)34-27-13-9-8-12-25(27)33-26-18-32(3,4)19-28(35)29(26)30(34)23-14-16-24(17-15-23)37-20-22-10-6-5-7-11-22/h5-17,21,30,33H,18-20H2,1-4H3/t30-/m0/s1. The lowest BCUT2D eigenvalue weighted by Gasteiger charge is -2.37. The highest BCUT2D eigenvalue weighted by atomic mass is 16.5. The Balaban J connectivity index is 1.59. The number of carbonyl (C=O) groups is 2. The Morgan fingerprint density at radius 3 is 2.35 bits per heavy atom. The SMILES string of the molecule is CC(C)C(=O)N1c2ccccc2NC2=C(C(=O)CC(C)(C)C2)[C@@H]1c1ccc(OCc2ccccc2)cc1. The summed E-state index contributed by atoms with van der Waals surface area (Å²) >= 11 is 0. The number of anilines is 2. The molecule has 0 fully saturated rings. The van der Waals surface area contributed by atoms with E-state index in [0.29, 0.717) is 18.6 Å². The molecule has 0 spiro atoms. The van der Waals surface area contributed by atoms with E-state index >= 15 is 0 Å². The van der Waals surface area contributed by atoms with Crippen molar-refractivity contribution in [3.05, 3.63) is 101 Å². The molecule has 0 unspecified atom stereocenters. The van der Waals surface area contributed by atoms with Gasteiger partial charge < -0.3 is 10.1 Å². The summed E-state index contributed by atoms with van der Waals surface area (Å²) < 4.78 is 6.01. The smallest absolute Gasteiger partial charge is 0.230 e. The molecule has 0 aromatic heterocycles. The van der Waals surface area contributed by atoms with E-state index in [4.69, 9.17) is 4.74 Å². The minimum atomic E-state index is -0.521. The first-order valence-electron chi connectivity index (χ1n) is 13.0. The highest BCUT2D eigenvalue weighted by Crippen LogP contribution is 2.48. The Bertz CT molecular complexity index is 1340. The summed E-state index contributed by atoms with van der Waals surface area (Å²) in [6.07, 6.45) is 1.18. The van der Waals surface area contributed by atoms with Gasteiger partial charge in [-0.15, -0.1) is 0 Å². The fourth-order valence-electron chi connectivity index (χ4n) is 5.31. The van der Waals surface area contributed by atoms with Gasteiger partial charge in [0, 0.05) is 23.6 Å². The van der Waals surface area contributed by atoms with Crippen molar-refractivity contribution in [3.8, 4) is 5.75 Å². The molecule has 2 aliphatic rings. The zero-order valence-corrected chi connectivity index (χ0v) is 22.0. The second-order valence-corrected chi connectivity index (χ2v) is 11.1. The van der Waals surface area contributed by atoms with Crippen LogP contribution >= 0.6 is 0 Å². The molecule has 0 radical (unpaired) electrons. The van der Waals surface area contributed by atoms with E-state index in [1.54, 1.807) is 0 Å². The first kappa shape index (κ1) is 24.8. The molecule has 0 saturated heterocycles. The van der Waals surface area contributed by atoms with Crippen molar-refractivity contribution in [1.82, 2.24) is 0 Å². The van der Waals surface area contributed by atoms with E-state index in [1.807, 2.05) is 97.6 Å². The molecule has 3 aromatic rings. The number of hydrogen-bond acceptors (Lipinski definition) is 4. The van der Waals surface area contributed by atoms with Gasteiger partial charge in [0.2, 0.25) is 5.91 Å². The number of Topliss-reactive ketones (excluding diaryl/α,β-unsaturated/α-hetero) is 1. The van der Waals surface area contributed by atoms with Gasteiger partial charge in [-0.2, -0.15) is 0 Å². The Morgan fingerprint density at radius 2 is 1.65 bits per heavy atom. The molecular weight excluding hydrogens is 460 g/mol. The summed E-state index contributed by atoms with van der Waals surface area (Å²) in [5.41, 5.74) is 5.05. The molecule has 1 atom stereocenters. The number of fused-ring (bicyclic) bond motifs is 1. The number of carbonyl (C=O) groups excluding carboxylic acids is 2. The molecule has 1 aliphatic carbocycles. The van der Waals surface area contributed by atoms with E-state index in [0.717, 1.165) is 40.4 Å². The number of benzene rings is 3. The van der Waals surface area contributed by atoms with Crippen molar-refractivity contribution in [3.63, 3.8) is 0 Å². The van der Waals surface area contributed by atoms with Crippen LogP contribution in [0.15, 0.2) is 90.1 Å². The van der Waals surface area contributed by atoms with Crippen LogP contribution in [-0.4, -0.2) is 11.7 Å². The van der Waals surface area contributed by atoms with Crippen molar-refractivity contribution < 1.29 is 14.3 Å². The van der Waals surface area contributed by atoms with E-state index < -0.39 is 6.04 Å². The first-order chi connectivity index (χ1) is 17.7. The molecule has 5 heteroatoms. The summed E-state index contributed by atoms with van der Waals surface area (Å²) in [5, 5.41) is 3.56. The van der Waals surface area contributed by atoms with Gasteiger partial charge in [-0.05, 0) is 47.2 Å². The Kier molecular flexibility index (Phi) is 6.63. The Morgan fingerprint density at radius 1 is 0.973 bits per heavy atom. The molecule has 0 saturated carbocycles. The molecule has 3 aromatic carbocycles. The predicted molar refractivity (Wildman–Crippen MR) is 147 cm³/mol. The van der Waals surface area contributed by atoms with Crippen LogP contribution in [0.3, 0.4) is 0 Å². The third-order valence-corrected chi connectivity index (χ3v) is 7.08. The number of hydrogen-bond donors (Lipinski definition) is 1. The zero-order valence-electron chi connectivity index (χ0n) is 22.0. The van der Waals surface area contributed by atoms with Crippen molar-refractivity contribution in [1.29, 1.82) is 0 Å². The first-order valence-corrected chi connectivity index (χ1v) is 13.0. The lowest BCUT2D eigenvalue weighted by Crippen LogP contribution is -2.41. The molecule has 1 N–H and O–H groups in total. The Labute approximate surface area is 219 Å². The minimum absolute atomic E-state index is 0.0185. The average molecular weight is 495 g/mol. The van der Waals surface area contributed by atoms with Crippen molar-refractivity contribution in [2.75, 3.05) is 10.2 Å². The fourth-order valence-corrected chi connectivity index (χ4v) is 5.31. The highest BCUT2D eigenvalue weighted by Gasteiger charge is 2.43. The van der Waals surface area contributed by atoms with Crippen LogP contribution in [0.25, 0.3) is 0 Å². The van der Waals surface area contributed by atoms with Crippen LogP contribution in [0.1, 0.15) is 57.7 Å². The number of rotatable bonds is 5. The number of allylic oxidation sites excluding steroid dienone is 1. The molecule has 1 amide bonds. The van der Waals surface area contributed by atoms with Crippen molar-refractivity contribution >= 4 is 23.1 Å². The largest absolute Gasteiger partial charge is 0.489 e. The van der Waals surface area contributed by atoms with Gasteiger partial charge in [-0.1, -0.05) is 82.3 Å². The minimum Gasteiger partial charge on any atom is -0.489 e. The number of para-hydroxylation sites is 2. The number of ketones is 1. The molecule has 0 bridgehead atoms. The number of nitrogens with one attached hydrogen (secondary N) is 1. The van der Waals surface area contributed by atoms with Crippen LogP contribution < -0.4 is 15.0 Å². The zero-order chi connectivity index (χ0) is 26.2. The normalized spacial score (nSPS) is 18.6. The van der Waals surface area contributed by atoms with Gasteiger partial charge in [0.25, 0.3) is 0 Å². The third-order valence-electron chi connectivity index (χ3n) is 7.08. The van der Waals surface area contributed by atoms with E-state index in [-0.39, 0.29) is 23.0 Å². The lowest BCUT2D eigenvalue weighted by atomic mass is 9.73. The lowest BCUT2D eigenvalue weighted by molar-refractivity contribution is -0.122. The fraction of sp³-hybridized carbons (Fsp3) is 0.312. The monoisotopic (exact) mass is 494 g/mol. The third kappa shape index (κ3) is 5.04. The molecule has 5 nitrogen and oxygen atoms in total. The number of nitrogens with zero attached hydrogens (tertiary/aromatic N) is 1. The second-order valence-electron chi connectivity index (χ2n) is 11.1. The number of ether oxygens (including phenoxy) is 1. The van der Waals surface area contributed by atoms with E-state index in [9.17, 15) is 9.59 Å². The Hall–Kier alpha value is -3.86. The van der Waals surface area contributed by atoms with Crippen LogP contribution in [0, 0.1) is 11.3 Å². The van der Waals surface area contributed by atoms with Crippen molar-refractivity contribution in [2.45, 2.75) is 53.2 Å². The molecule has 37 heavy (non-hydrogen) atoms. The van der Waals surface area contributed by atoms with Crippen LogP contribution in [-0.2, 0) is 16.2 Å². The molecule has 1 heterocycles. The van der Waals surface area contributed by atoms with Gasteiger partial charge >= 0.3 is 0 Å². The maximum Gasteiger partial charge on any atom is 0.230 e. The highest BCUT2D eigenvalue weighted by molar-refractivity contribution is 6.06.